The van der Waals surface area contributed by atoms with Gasteiger partial charge in [-0.05, 0) is 60.6 Å². The zero-order valence-electron chi connectivity index (χ0n) is 20.6. The molecule has 0 aromatic heterocycles. The van der Waals surface area contributed by atoms with Gasteiger partial charge in [0.15, 0.2) is 5.75 Å². The van der Waals surface area contributed by atoms with Crippen LogP contribution in [0.5, 0.6) is 5.75 Å². The Morgan fingerprint density at radius 2 is 1.59 bits per heavy atom. The lowest BCUT2D eigenvalue weighted by Crippen LogP contribution is -2.37. The standard InChI is InChI=1S/C27H26F3NO5S/c1-17-9-11-21(12-10-17)24-18(2)23-15-31(26(32)35-16-20-7-5-4-6-8-20)14-13-22(23)19(3)25(24)36-37(33,34)27(28,29)30/h4-12H,13-16H2,1-3H3. The van der Waals surface area contributed by atoms with Crippen molar-refractivity contribution in [3.05, 3.63) is 88.0 Å². The highest BCUT2D eigenvalue weighted by atomic mass is 32.2. The smallest absolute Gasteiger partial charge is 0.445 e. The molecule has 196 valence electrons. The summed E-state index contributed by atoms with van der Waals surface area (Å²) in [5.74, 6) is -0.350. The number of halogens is 3. The predicted molar refractivity (Wildman–Crippen MR) is 132 cm³/mol. The van der Waals surface area contributed by atoms with Crippen molar-refractivity contribution >= 4 is 16.2 Å². The Kier molecular flexibility index (Phi) is 7.23. The maximum atomic E-state index is 13.2. The van der Waals surface area contributed by atoms with E-state index in [0.29, 0.717) is 28.7 Å². The van der Waals surface area contributed by atoms with Crippen LogP contribution in [0.2, 0.25) is 0 Å². The van der Waals surface area contributed by atoms with Crippen molar-refractivity contribution in [3.8, 4) is 16.9 Å². The molecule has 0 saturated carbocycles. The molecule has 3 aromatic rings. The van der Waals surface area contributed by atoms with Gasteiger partial charge in [-0.15, -0.1) is 0 Å². The first-order chi connectivity index (χ1) is 17.4. The van der Waals surface area contributed by atoms with Crippen molar-refractivity contribution in [1.29, 1.82) is 0 Å². The topological polar surface area (TPSA) is 72.9 Å². The van der Waals surface area contributed by atoms with Gasteiger partial charge in [-0.25, -0.2) is 4.79 Å². The molecule has 0 N–H and O–H groups in total. The summed E-state index contributed by atoms with van der Waals surface area (Å²) in [5.41, 5.74) is -0.843. The third-order valence-electron chi connectivity index (χ3n) is 6.47. The van der Waals surface area contributed by atoms with E-state index in [1.54, 1.807) is 38.1 Å². The molecule has 3 aromatic carbocycles. The summed E-state index contributed by atoms with van der Waals surface area (Å²) >= 11 is 0. The van der Waals surface area contributed by atoms with Gasteiger partial charge in [0.1, 0.15) is 6.61 Å². The number of carbonyl (C=O) groups is 1. The van der Waals surface area contributed by atoms with Gasteiger partial charge in [-0.1, -0.05) is 60.2 Å². The van der Waals surface area contributed by atoms with E-state index < -0.39 is 21.7 Å². The summed E-state index contributed by atoms with van der Waals surface area (Å²) < 4.78 is 74.0. The molecule has 1 heterocycles. The Balaban J connectivity index is 1.74. The molecule has 0 unspecified atom stereocenters. The average Bonchev–Trinajstić information content (AvgIpc) is 2.86. The van der Waals surface area contributed by atoms with Crippen LogP contribution in [-0.2, 0) is 34.4 Å². The third-order valence-corrected chi connectivity index (χ3v) is 7.43. The first-order valence-electron chi connectivity index (χ1n) is 11.6. The fourth-order valence-corrected chi connectivity index (χ4v) is 4.99. The van der Waals surface area contributed by atoms with E-state index in [1.807, 2.05) is 37.3 Å². The first-order valence-corrected chi connectivity index (χ1v) is 13.0. The number of rotatable bonds is 5. The minimum absolute atomic E-state index is 0.109. The van der Waals surface area contributed by atoms with Crippen molar-refractivity contribution < 1.29 is 35.3 Å². The van der Waals surface area contributed by atoms with Gasteiger partial charge in [0.05, 0.1) is 0 Å². The minimum Gasteiger partial charge on any atom is -0.445 e. The number of aryl methyl sites for hydroxylation is 1. The maximum Gasteiger partial charge on any atom is 0.534 e. The number of ether oxygens (including phenoxy) is 1. The Hall–Kier alpha value is -3.53. The molecule has 0 radical (unpaired) electrons. The van der Waals surface area contributed by atoms with Crippen molar-refractivity contribution in [3.63, 3.8) is 0 Å². The van der Waals surface area contributed by atoms with Gasteiger partial charge in [0.2, 0.25) is 0 Å². The Labute approximate surface area is 213 Å². The summed E-state index contributed by atoms with van der Waals surface area (Å²) in [5, 5.41) is 0. The number of benzene rings is 3. The molecular formula is C27H26F3NO5S. The van der Waals surface area contributed by atoms with Crippen LogP contribution in [0.1, 0.15) is 33.4 Å². The molecule has 0 saturated heterocycles. The van der Waals surface area contributed by atoms with Crippen LogP contribution >= 0.6 is 0 Å². The van der Waals surface area contributed by atoms with Crippen LogP contribution in [0, 0.1) is 20.8 Å². The highest BCUT2D eigenvalue weighted by Crippen LogP contribution is 2.44. The highest BCUT2D eigenvalue weighted by Gasteiger charge is 2.49. The zero-order valence-corrected chi connectivity index (χ0v) is 21.4. The number of hydrogen-bond acceptors (Lipinski definition) is 5. The van der Waals surface area contributed by atoms with Crippen LogP contribution in [0.3, 0.4) is 0 Å². The van der Waals surface area contributed by atoms with E-state index in [4.69, 9.17) is 8.92 Å². The molecule has 0 spiro atoms. The van der Waals surface area contributed by atoms with Gasteiger partial charge < -0.3 is 13.8 Å². The van der Waals surface area contributed by atoms with Gasteiger partial charge in [-0.2, -0.15) is 21.6 Å². The molecule has 1 aliphatic rings. The van der Waals surface area contributed by atoms with Crippen molar-refractivity contribution in [1.82, 2.24) is 4.90 Å². The molecule has 0 bridgehead atoms. The largest absolute Gasteiger partial charge is 0.534 e. The van der Waals surface area contributed by atoms with E-state index in [0.717, 1.165) is 16.7 Å². The summed E-state index contributed by atoms with van der Waals surface area (Å²) in [6, 6.07) is 16.2. The second kappa shape index (κ2) is 10.1. The third kappa shape index (κ3) is 5.44. The number of fused-ring (bicyclic) bond motifs is 1. The number of nitrogens with zero attached hydrogens (tertiary/aromatic N) is 1. The van der Waals surface area contributed by atoms with Crippen LogP contribution < -0.4 is 4.18 Å². The second-order valence-corrected chi connectivity index (χ2v) is 10.5. The fourth-order valence-electron chi connectivity index (χ4n) is 4.46. The van der Waals surface area contributed by atoms with E-state index in [9.17, 15) is 26.4 Å². The lowest BCUT2D eigenvalue weighted by atomic mass is 9.85. The van der Waals surface area contributed by atoms with Gasteiger partial charge in [0, 0.05) is 18.7 Å². The molecule has 10 heteroatoms. The molecule has 1 aliphatic heterocycles. The molecule has 1 amide bonds. The molecule has 37 heavy (non-hydrogen) atoms. The average molecular weight is 534 g/mol. The SMILES string of the molecule is Cc1ccc(-c2c(C)c3c(c(C)c2OS(=O)(=O)C(F)(F)F)CCN(C(=O)OCc2ccccc2)C3)cc1. The molecular weight excluding hydrogens is 507 g/mol. The van der Waals surface area contributed by atoms with E-state index in [2.05, 4.69) is 0 Å². The van der Waals surface area contributed by atoms with Crippen molar-refractivity contribution in [2.45, 2.75) is 45.9 Å². The molecule has 4 rings (SSSR count). The molecule has 0 fully saturated rings. The lowest BCUT2D eigenvalue weighted by molar-refractivity contribution is -0.0500. The summed E-state index contributed by atoms with van der Waals surface area (Å²) in [4.78, 5) is 14.3. The van der Waals surface area contributed by atoms with Crippen LogP contribution in [0.15, 0.2) is 54.6 Å². The van der Waals surface area contributed by atoms with E-state index in [-0.39, 0.29) is 31.0 Å². The highest BCUT2D eigenvalue weighted by molar-refractivity contribution is 7.88. The fraction of sp³-hybridized carbons (Fsp3) is 0.296. The van der Waals surface area contributed by atoms with Crippen LogP contribution in [-0.4, -0.2) is 31.5 Å². The summed E-state index contributed by atoms with van der Waals surface area (Å²) in [6.45, 7) is 5.63. The quantitative estimate of drug-likeness (QED) is 0.288. The summed E-state index contributed by atoms with van der Waals surface area (Å²) in [6.07, 6.45) is -0.206. The second-order valence-electron chi connectivity index (χ2n) is 8.97. The van der Waals surface area contributed by atoms with Crippen molar-refractivity contribution in [2.24, 2.45) is 0 Å². The lowest BCUT2D eigenvalue weighted by Gasteiger charge is -2.32. The zero-order chi connectivity index (χ0) is 27.0. The van der Waals surface area contributed by atoms with Crippen LogP contribution in [0.4, 0.5) is 18.0 Å². The van der Waals surface area contributed by atoms with Gasteiger partial charge in [-0.3, -0.25) is 0 Å². The molecule has 0 aliphatic carbocycles. The number of hydrogen-bond donors (Lipinski definition) is 0. The summed E-state index contributed by atoms with van der Waals surface area (Å²) in [7, 11) is -5.90. The predicted octanol–water partition coefficient (Wildman–Crippen LogP) is 6.20. The normalized spacial score (nSPS) is 13.7. The molecule has 0 atom stereocenters. The van der Waals surface area contributed by atoms with Crippen LogP contribution in [0.25, 0.3) is 11.1 Å². The Morgan fingerprint density at radius 3 is 2.22 bits per heavy atom. The van der Waals surface area contributed by atoms with E-state index >= 15 is 0 Å². The van der Waals surface area contributed by atoms with E-state index in [1.165, 1.54) is 4.90 Å². The number of amides is 1. The maximum absolute atomic E-state index is 13.2. The number of carbonyl (C=O) groups excluding carboxylic acids is 1. The van der Waals surface area contributed by atoms with Gasteiger partial charge >= 0.3 is 21.7 Å². The number of alkyl halides is 3. The Bertz CT molecular complexity index is 1420. The minimum atomic E-state index is -5.90. The first kappa shape index (κ1) is 26.5. The monoisotopic (exact) mass is 533 g/mol. The van der Waals surface area contributed by atoms with Crippen molar-refractivity contribution in [2.75, 3.05) is 6.54 Å². The Morgan fingerprint density at radius 1 is 0.946 bits per heavy atom. The molecule has 6 nitrogen and oxygen atoms in total. The van der Waals surface area contributed by atoms with Gasteiger partial charge in [0.25, 0.3) is 0 Å².